The van der Waals surface area contributed by atoms with Crippen LogP contribution < -0.4 is 16.3 Å². The second-order valence-corrected chi connectivity index (χ2v) is 6.79. The van der Waals surface area contributed by atoms with Crippen LogP contribution >= 0.6 is 0 Å². The summed E-state index contributed by atoms with van der Waals surface area (Å²) in [6.45, 7) is 0.216. The van der Waals surface area contributed by atoms with Gasteiger partial charge in [-0.2, -0.15) is 15.2 Å². The number of hydrogen-bond donors (Lipinski definition) is 3. The van der Waals surface area contributed by atoms with Crippen LogP contribution in [0.1, 0.15) is 22.3 Å². The Balaban J connectivity index is 1.76. The number of nitrogens with one attached hydrogen (secondary N) is 1. The van der Waals surface area contributed by atoms with Crippen molar-refractivity contribution in [1.29, 1.82) is 0 Å². The number of aromatic nitrogens is 2. The van der Waals surface area contributed by atoms with Gasteiger partial charge in [-0.05, 0) is 6.07 Å². The van der Waals surface area contributed by atoms with E-state index >= 15 is 0 Å². The highest BCUT2D eigenvalue weighted by Crippen LogP contribution is 2.23. The largest absolute Gasteiger partial charge is 0.388 e. The number of nitrogens with two attached hydrogens (primary N) is 1. The lowest BCUT2D eigenvalue weighted by Crippen LogP contribution is -2.69. The van der Waals surface area contributed by atoms with Crippen molar-refractivity contribution < 1.29 is 28.8 Å². The molecule has 1 amide bonds. The number of alkyl halides is 2. The summed E-state index contributed by atoms with van der Waals surface area (Å²) in [6.07, 6.45) is -0.528. The van der Waals surface area contributed by atoms with Crippen molar-refractivity contribution >= 4 is 17.8 Å². The number of amides is 1. The third-order valence-electron chi connectivity index (χ3n) is 4.76. The van der Waals surface area contributed by atoms with Gasteiger partial charge in [-0.1, -0.05) is 29.4 Å². The topological polar surface area (TPSA) is 122 Å². The Hall–Kier alpha value is -3.28. The van der Waals surface area contributed by atoms with Gasteiger partial charge in [0.25, 0.3) is 17.9 Å². The average molecular weight is 418 g/mol. The molecule has 0 radical (unpaired) electrons. The molecular weight excluding hydrogens is 400 g/mol. The monoisotopic (exact) mass is 418 g/mol. The molecule has 4 N–H and O–H groups in total. The fourth-order valence-electron chi connectivity index (χ4n) is 3.11. The van der Waals surface area contributed by atoms with Crippen LogP contribution in [-0.4, -0.2) is 52.4 Å². The zero-order valence-corrected chi connectivity index (χ0v) is 15.5. The number of aliphatic hydroxyl groups is 1. The molecule has 9 nitrogen and oxygen atoms in total. The van der Waals surface area contributed by atoms with Crippen molar-refractivity contribution in [3.8, 4) is 11.3 Å². The fraction of sp³-hybridized carbons (Fsp3) is 0.263. The van der Waals surface area contributed by atoms with Gasteiger partial charge in [0.1, 0.15) is 23.7 Å². The van der Waals surface area contributed by atoms with E-state index in [0.717, 1.165) is 4.68 Å². The molecule has 11 heteroatoms. The smallest absolute Gasteiger partial charge is 0.284 e. The minimum absolute atomic E-state index is 0.0897. The van der Waals surface area contributed by atoms with E-state index in [4.69, 9.17) is 4.74 Å². The Labute approximate surface area is 168 Å². The molecule has 2 atom stereocenters. The van der Waals surface area contributed by atoms with Crippen LogP contribution in [0.2, 0.25) is 0 Å². The van der Waals surface area contributed by atoms with Gasteiger partial charge in [0.15, 0.2) is 0 Å². The maximum absolute atomic E-state index is 12.9. The van der Waals surface area contributed by atoms with E-state index in [1.54, 1.807) is 6.20 Å². The van der Waals surface area contributed by atoms with Crippen molar-refractivity contribution in [2.24, 2.45) is 5.10 Å². The van der Waals surface area contributed by atoms with Crippen LogP contribution in [0.15, 0.2) is 46.4 Å². The molecule has 2 aromatic rings. The molecular formula is C19H18F2N5O4+. The number of hydrogen-bond acceptors (Lipinski definition) is 6. The molecule has 2 aliphatic rings. The summed E-state index contributed by atoms with van der Waals surface area (Å²) < 4.78 is 31.8. The first kappa shape index (κ1) is 20.0. The average Bonchev–Trinajstić information content (AvgIpc) is 3.40. The quantitative estimate of drug-likeness (QED) is 0.576. The van der Waals surface area contributed by atoms with Crippen molar-refractivity contribution in [1.82, 2.24) is 15.1 Å². The third-order valence-corrected chi connectivity index (χ3v) is 4.76. The summed E-state index contributed by atoms with van der Waals surface area (Å²) in [7, 11) is 0. The van der Waals surface area contributed by atoms with Gasteiger partial charge in [0, 0.05) is 11.1 Å². The summed E-state index contributed by atoms with van der Waals surface area (Å²) in [5.41, 5.74) is 1.47. The van der Waals surface area contributed by atoms with Gasteiger partial charge in [-0.3, -0.25) is 9.59 Å². The Morgan fingerprint density at radius 3 is 2.67 bits per heavy atom. The maximum atomic E-state index is 12.9. The number of ether oxygens (including phenoxy) is 1. The van der Waals surface area contributed by atoms with Crippen molar-refractivity contribution in [2.45, 2.75) is 18.6 Å². The summed E-state index contributed by atoms with van der Waals surface area (Å²) in [5.74, 6) is -0.698. The van der Waals surface area contributed by atoms with Crippen LogP contribution in [0.25, 0.3) is 17.0 Å². The van der Waals surface area contributed by atoms with E-state index in [2.05, 4.69) is 15.5 Å². The molecule has 30 heavy (non-hydrogen) atoms. The Kier molecular flexibility index (Phi) is 5.48. The van der Waals surface area contributed by atoms with Gasteiger partial charge >= 0.3 is 0 Å². The SMILES string of the molecule is O=C(NC1COCC1O)c1cc(-c2ccc(C(F)F)cc2)nn(C2=C[NH2+]N=C2)c1=O. The summed E-state index contributed by atoms with van der Waals surface area (Å²) in [5, 5.41) is 20.6. The zero-order valence-electron chi connectivity index (χ0n) is 15.5. The summed E-state index contributed by atoms with van der Waals surface area (Å²) in [4.78, 5) is 25.7. The summed E-state index contributed by atoms with van der Waals surface area (Å²) >= 11 is 0. The molecule has 1 saturated heterocycles. The molecule has 4 rings (SSSR count). The highest BCUT2D eigenvalue weighted by molar-refractivity contribution is 6.02. The first-order valence-electron chi connectivity index (χ1n) is 9.10. The minimum atomic E-state index is -2.61. The Morgan fingerprint density at radius 1 is 1.30 bits per heavy atom. The number of halogens is 2. The number of carbonyl (C=O) groups is 1. The van der Waals surface area contributed by atoms with Gasteiger partial charge in [0.2, 0.25) is 0 Å². The first-order chi connectivity index (χ1) is 14.4. The number of aliphatic hydroxyl groups excluding tert-OH is 1. The minimum Gasteiger partial charge on any atom is -0.388 e. The number of nitrogens with zero attached hydrogens (tertiary/aromatic N) is 3. The van der Waals surface area contributed by atoms with E-state index in [0.29, 0.717) is 11.3 Å². The van der Waals surface area contributed by atoms with Gasteiger partial charge in [-0.25, -0.2) is 8.78 Å². The lowest BCUT2D eigenvalue weighted by atomic mass is 10.1. The molecule has 1 fully saturated rings. The summed E-state index contributed by atoms with van der Waals surface area (Å²) in [6, 6.07) is 6.05. The lowest BCUT2D eigenvalue weighted by molar-refractivity contribution is -0.589. The zero-order chi connectivity index (χ0) is 21.3. The number of carbonyl (C=O) groups excluding carboxylic acids is 1. The van der Waals surface area contributed by atoms with Gasteiger partial charge in [0.05, 0.1) is 31.1 Å². The van der Waals surface area contributed by atoms with E-state index in [-0.39, 0.29) is 30.0 Å². The van der Waals surface area contributed by atoms with Gasteiger partial charge < -0.3 is 15.2 Å². The molecule has 3 heterocycles. The van der Waals surface area contributed by atoms with E-state index < -0.39 is 30.0 Å². The van der Waals surface area contributed by atoms with Crippen molar-refractivity contribution in [3.05, 3.63) is 58.0 Å². The number of quaternary nitrogens is 1. The second kappa shape index (κ2) is 8.22. The van der Waals surface area contributed by atoms with Crippen LogP contribution in [0, 0.1) is 0 Å². The fourth-order valence-corrected chi connectivity index (χ4v) is 3.11. The second-order valence-electron chi connectivity index (χ2n) is 6.79. The molecule has 156 valence electrons. The Bertz CT molecular complexity index is 1080. The maximum Gasteiger partial charge on any atom is 0.284 e. The highest BCUT2D eigenvalue weighted by atomic mass is 19.3. The van der Waals surface area contributed by atoms with Crippen LogP contribution in [0.3, 0.4) is 0 Å². The van der Waals surface area contributed by atoms with Crippen molar-refractivity contribution in [3.63, 3.8) is 0 Å². The van der Waals surface area contributed by atoms with Crippen molar-refractivity contribution in [2.75, 3.05) is 13.2 Å². The number of benzene rings is 1. The van der Waals surface area contributed by atoms with E-state index in [1.165, 1.54) is 42.0 Å². The molecule has 0 spiro atoms. The van der Waals surface area contributed by atoms with E-state index in [9.17, 15) is 23.5 Å². The van der Waals surface area contributed by atoms with Crippen LogP contribution in [-0.2, 0) is 4.74 Å². The predicted molar refractivity (Wildman–Crippen MR) is 102 cm³/mol. The molecule has 0 aliphatic carbocycles. The molecule has 2 unspecified atom stereocenters. The molecule has 2 aliphatic heterocycles. The third kappa shape index (κ3) is 3.90. The van der Waals surface area contributed by atoms with Crippen LogP contribution in [0.4, 0.5) is 8.78 Å². The van der Waals surface area contributed by atoms with E-state index in [1.807, 2.05) is 0 Å². The Morgan fingerprint density at radius 2 is 2.07 bits per heavy atom. The molecule has 0 saturated carbocycles. The standard InChI is InChI=1S/C19H17F2N5O4/c20-17(21)11-3-1-10(2-4-11)14-5-13(18(28)24-15-8-30-9-16(15)27)19(29)26(25-14)12-6-22-23-7-12/h1-7,15-17,27H,8-9H2,(H,22,23)(H,24,28)/p+1. The van der Waals surface area contributed by atoms with Gasteiger partial charge in [-0.15, -0.1) is 0 Å². The number of allylic oxidation sites excluding steroid dienone is 1. The van der Waals surface area contributed by atoms with Crippen LogP contribution in [0.5, 0.6) is 0 Å². The number of rotatable bonds is 5. The molecule has 1 aromatic carbocycles. The lowest BCUT2D eigenvalue weighted by Gasteiger charge is -2.15. The molecule has 1 aromatic heterocycles. The molecule has 0 bridgehead atoms. The normalized spacial score (nSPS) is 20.6. The first-order valence-corrected chi connectivity index (χ1v) is 9.10. The highest BCUT2D eigenvalue weighted by Gasteiger charge is 2.29. The predicted octanol–water partition coefficient (Wildman–Crippen LogP) is -0.301.